The van der Waals surface area contributed by atoms with Gasteiger partial charge < -0.3 is 10.5 Å². The van der Waals surface area contributed by atoms with Crippen LogP contribution in [-0.2, 0) is 14.8 Å². The minimum absolute atomic E-state index is 0.0627. The van der Waals surface area contributed by atoms with Crippen LogP contribution in [0.2, 0.25) is 0 Å². The molecule has 0 radical (unpaired) electrons. The molecule has 106 valence electrons. The zero-order valence-corrected chi connectivity index (χ0v) is 12.6. The maximum Gasteiger partial charge on any atom is 0.242 e. The van der Waals surface area contributed by atoms with Crippen LogP contribution in [0.15, 0.2) is 21.5 Å². The van der Waals surface area contributed by atoms with Gasteiger partial charge in [-0.05, 0) is 40.9 Å². The second-order valence-electron chi connectivity index (χ2n) is 4.45. The molecule has 0 aromatic heterocycles. The van der Waals surface area contributed by atoms with Gasteiger partial charge in [0.05, 0.1) is 16.7 Å². The first kappa shape index (κ1) is 14.7. The number of nitrogens with two attached hydrogens (primary N) is 1. The first-order valence-corrected chi connectivity index (χ1v) is 7.90. The lowest BCUT2D eigenvalue weighted by Gasteiger charge is -2.34. The highest BCUT2D eigenvalue weighted by atomic mass is 79.9. The van der Waals surface area contributed by atoms with Crippen molar-refractivity contribution in [1.82, 2.24) is 4.72 Å². The van der Waals surface area contributed by atoms with E-state index in [1.165, 1.54) is 0 Å². The van der Waals surface area contributed by atoms with Crippen molar-refractivity contribution >= 4 is 31.6 Å². The van der Waals surface area contributed by atoms with Crippen LogP contribution in [0.3, 0.4) is 0 Å². The Morgan fingerprint density at radius 2 is 2.11 bits per heavy atom. The molecular weight excluding hydrogens is 339 g/mol. The van der Waals surface area contributed by atoms with Crippen molar-refractivity contribution in [1.29, 1.82) is 0 Å². The number of anilines is 1. The molecule has 0 spiro atoms. The average Bonchev–Trinajstić information content (AvgIpc) is 2.27. The third-order valence-electron chi connectivity index (χ3n) is 3.09. The molecule has 5 nitrogen and oxygen atoms in total. The minimum atomic E-state index is -3.72. The number of benzene rings is 1. The molecule has 19 heavy (non-hydrogen) atoms. The monoisotopic (exact) mass is 352 g/mol. The summed E-state index contributed by atoms with van der Waals surface area (Å²) in [6, 6.07) is 1.99. The highest BCUT2D eigenvalue weighted by Gasteiger charge is 2.33. The minimum Gasteiger partial charge on any atom is -0.396 e. The average molecular weight is 353 g/mol. The molecule has 0 aliphatic heterocycles. The van der Waals surface area contributed by atoms with E-state index in [2.05, 4.69) is 20.7 Å². The Bertz CT molecular complexity index is 588. The molecule has 1 aliphatic rings. The second-order valence-corrected chi connectivity index (χ2v) is 6.99. The Balaban J connectivity index is 2.18. The van der Waals surface area contributed by atoms with E-state index in [1.807, 2.05) is 0 Å². The summed E-state index contributed by atoms with van der Waals surface area (Å²) in [4.78, 5) is -0.0627. The third-order valence-corrected chi connectivity index (χ3v) is 5.57. The number of nitrogens with one attached hydrogen (secondary N) is 1. The summed E-state index contributed by atoms with van der Waals surface area (Å²) in [7, 11) is -2.13. The quantitative estimate of drug-likeness (QED) is 0.807. The fourth-order valence-corrected chi connectivity index (χ4v) is 4.20. The Labute approximate surface area is 119 Å². The lowest BCUT2D eigenvalue weighted by Crippen LogP contribution is -2.47. The second kappa shape index (κ2) is 5.35. The van der Waals surface area contributed by atoms with Crippen molar-refractivity contribution in [3.8, 4) is 0 Å². The summed E-state index contributed by atoms with van der Waals surface area (Å²) in [5.74, 6) is -0.658. The van der Waals surface area contributed by atoms with Crippen LogP contribution in [0.5, 0.6) is 0 Å². The summed E-state index contributed by atoms with van der Waals surface area (Å²) >= 11 is 3.03. The van der Waals surface area contributed by atoms with E-state index in [-0.39, 0.29) is 27.2 Å². The zero-order valence-electron chi connectivity index (χ0n) is 10.2. The Hall–Kier alpha value is -0.700. The van der Waals surface area contributed by atoms with Gasteiger partial charge >= 0.3 is 0 Å². The molecule has 0 atom stereocenters. The Morgan fingerprint density at radius 3 is 2.68 bits per heavy atom. The number of hydrogen-bond donors (Lipinski definition) is 2. The van der Waals surface area contributed by atoms with E-state index in [0.717, 1.165) is 12.1 Å². The molecule has 1 aromatic carbocycles. The number of methoxy groups -OCH3 is 1. The first-order valence-electron chi connectivity index (χ1n) is 5.63. The van der Waals surface area contributed by atoms with Crippen LogP contribution >= 0.6 is 15.9 Å². The van der Waals surface area contributed by atoms with Crippen molar-refractivity contribution in [3.63, 3.8) is 0 Å². The molecule has 0 heterocycles. The summed E-state index contributed by atoms with van der Waals surface area (Å²) in [6.07, 6.45) is 1.35. The van der Waals surface area contributed by atoms with E-state index >= 15 is 0 Å². The van der Waals surface area contributed by atoms with Crippen LogP contribution in [0.4, 0.5) is 10.1 Å². The van der Waals surface area contributed by atoms with Crippen LogP contribution in [0, 0.1) is 5.82 Å². The summed E-state index contributed by atoms with van der Waals surface area (Å²) in [5, 5.41) is 0. The van der Waals surface area contributed by atoms with Gasteiger partial charge in [-0.15, -0.1) is 0 Å². The van der Waals surface area contributed by atoms with E-state index in [9.17, 15) is 12.8 Å². The molecule has 0 saturated heterocycles. The van der Waals surface area contributed by atoms with Gasteiger partial charge in [0, 0.05) is 17.6 Å². The molecule has 3 N–H and O–H groups in total. The van der Waals surface area contributed by atoms with E-state index in [0.29, 0.717) is 12.8 Å². The van der Waals surface area contributed by atoms with Crippen LogP contribution in [0.25, 0.3) is 0 Å². The number of sulfonamides is 1. The highest BCUT2D eigenvalue weighted by Crippen LogP contribution is 2.29. The lowest BCUT2D eigenvalue weighted by atomic mass is 9.90. The van der Waals surface area contributed by atoms with Gasteiger partial charge in [-0.1, -0.05) is 0 Å². The lowest BCUT2D eigenvalue weighted by molar-refractivity contribution is 0.0236. The Morgan fingerprint density at radius 1 is 1.47 bits per heavy atom. The Kier molecular flexibility index (Phi) is 4.14. The topological polar surface area (TPSA) is 81.4 Å². The molecule has 1 aromatic rings. The number of nitrogen functional groups attached to an aromatic ring is 1. The van der Waals surface area contributed by atoms with E-state index in [4.69, 9.17) is 10.5 Å². The van der Waals surface area contributed by atoms with Crippen LogP contribution in [-0.4, -0.2) is 27.7 Å². The van der Waals surface area contributed by atoms with Gasteiger partial charge in [0.2, 0.25) is 10.0 Å². The standard InChI is InChI=1S/C11H14BrFN2O3S/c1-18-7-2-6(3-7)15-19(16,17)11-5-10(14)9(13)4-8(11)12/h4-7,15H,2-3,14H2,1H3. The van der Waals surface area contributed by atoms with Crippen molar-refractivity contribution in [2.24, 2.45) is 0 Å². The molecule has 0 amide bonds. The van der Waals surface area contributed by atoms with Gasteiger partial charge in [-0.25, -0.2) is 17.5 Å². The molecular formula is C11H14BrFN2O3S. The largest absolute Gasteiger partial charge is 0.396 e. The summed E-state index contributed by atoms with van der Waals surface area (Å²) < 4.78 is 45.3. The predicted molar refractivity (Wildman–Crippen MR) is 72.7 cm³/mol. The smallest absolute Gasteiger partial charge is 0.242 e. The van der Waals surface area contributed by atoms with Gasteiger partial charge in [0.15, 0.2) is 0 Å². The summed E-state index contributed by atoms with van der Waals surface area (Å²) in [6.45, 7) is 0. The predicted octanol–water partition coefficient (Wildman–Crippen LogP) is 1.63. The fourth-order valence-electron chi connectivity index (χ4n) is 1.89. The fraction of sp³-hybridized carbons (Fsp3) is 0.455. The molecule has 8 heteroatoms. The molecule has 1 fully saturated rings. The normalized spacial score (nSPS) is 23.1. The molecule has 2 rings (SSSR count). The van der Waals surface area contributed by atoms with Crippen molar-refractivity contribution < 1.29 is 17.5 Å². The van der Waals surface area contributed by atoms with E-state index < -0.39 is 15.8 Å². The SMILES string of the molecule is COC1CC(NS(=O)(=O)c2cc(N)c(F)cc2Br)C1. The maximum atomic E-state index is 13.2. The molecule has 1 saturated carbocycles. The number of rotatable bonds is 4. The summed E-state index contributed by atoms with van der Waals surface area (Å²) in [5.41, 5.74) is 5.20. The molecule has 0 bridgehead atoms. The molecule has 0 unspecified atom stereocenters. The van der Waals surface area contributed by atoms with Gasteiger partial charge in [0.25, 0.3) is 0 Å². The maximum absolute atomic E-state index is 13.2. The van der Waals surface area contributed by atoms with Crippen molar-refractivity contribution in [2.45, 2.75) is 29.9 Å². The van der Waals surface area contributed by atoms with Crippen molar-refractivity contribution in [3.05, 3.63) is 22.4 Å². The van der Waals surface area contributed by atoms with E-state index in [1.54, 1.807) is 7.11 Å². The number of ether oxygens (including phenoxy) is 1. The van der Waals surface area contributed by atoms with Gasteiger partial charge in [-0.2, -0.15) is 0 Å². The van der Waals surface area contributed by atoms with Gasteiger partial charge in [0.1, 0.15) is 5.82 Å². The highest BCUT2D eigenvalue weighted by molar-refractivity contribution is 9.10. The number of halogens is 2. The van der Waals surface area contributed by atoms with Crippen molar-refractivity contribution in [2.75, 3.05) is 12.8 Å². The van der Waals surface area contributed by atoms with Crippen LogP contribution in [0.1, 0.15) is 12.8 Å². The number of hydrogen-bond acceptors (Lipinski definition) is 4. The third kappa shape index (κ3) is 3.07. The van der Waals surface area contributed by atoms with Crippen LogP contribution < -0.4 is 10.5 Å². The molecule has 1 aliphatic carbocycles. The zero-order chi connectivity index (χ0) is 14.2. The first-order chi connectivity index (χ1) is 8.83. The van der Waals surface area contributed by atoms with Gasteiger partial charge in [-0.3, -0.25) is 0 Å².